The average Bonchev–Trinajstić information content (AvgIpc) is 2.27. The van der Waals surface area contributed by atoms with Crippen LogP contribution in [0.4, 0.5) is 0 Å². The number of unbranched alkanes of at least 4 members (excludes halogenated alkanes) is 2. The molecule has 0 aromatic carbocycles. The van der Waals surface area contributed by atoms with Gasteiger partial charge in [0.05, 0.1) is 0 Å². The molecular formula is C10H24O4Ti. The molecule has 92 valence electrons. The van der Waals surface area contributed by atoms with E-state index in [0.717, 1.165) is 39.9 Å². The molecule has 0 aromatic rings. The zero-order chi connectivity index (χ0) is 12.2. The molecule has 0 saturated carbocycles. The van der Waals surface area contributed by atoms with E-state index in [0.29, 0.717) is 0 Å². The SMILES string of the molecule is CCCC[O-].CCCC[O-].C[O-].C[O-].[Ti+4]. The van der Waals surface area contributed by atoms with E-state index in [4.69, 9.17) is 10.2 Å². The Kier molecular flexibility index (Phi) is 123. The second kappa shape index (κ2) is 62.2. The molecule has 0 N–H and O–H groups in total. The summed E-state index contributed by atoms with van der Waals surface area (Å²) < 4.78 is 0. The third kappa shape index (κ3) is 111. The Balaban J connectivity index is -0.0000000318. The summed E-state index contributed by atoms with van der Waals surface area (Å²) in [7, 11) is 1.50. The third-order valence-electron chi connectivity index (χ3n) is 0.996. The first-order valence-electron chi connectivity index (χ1n) is 4.81. The minimum absolute atomic E-state index is 0. The van der Waals surface area contributed by atoms with E-state index in [9.17, 15) is 10.2 Å². The van der Waals surface area contributed by atoms with Crippen LogP contribution >= 0.6 is 0 Å². The molecule has 15 heavy (non-hydrogen) atoms. The largest absolute Gasteiger partial charge is 4.00 e. The van der Waals surface area contributed by atoms with Crippen molar-refractivity contribution in [3.63, 3.8) is 0 Å². The first-order chi connectivity index (χ1) is 6.83. The fourth-order valence-corrected chi connectivity index (χ4v) is 0.289. The summed E-state index contributed by atoms with van der Waals surface area (Å²) in [6, 6.07) is 0. The molecule has 0 aliphatic carbocycles. The van der Waals surface area contributed by atoms with Gasteiger partial charge in [-0.25, -0.2) is 0 Å². The van der Waals surface area contributed by atoms with E-state index in [1.807, 2.05) is 13.8 Å². The zero-order valence-electron chi connectivity index (χ0n) is 10.4. The monoisotopic (exact) mass is 256 g/mol. The van der Waals surface area contributed by atoms with Crippen molar-refractivity contribution in [2.75, 3.05) is 27.4 Å². The minimum atomic E-state index is 0. The Bertz CT molecular complexity index is 38.4. The Morgan fingerprint density at radius 1 is 0.667 bits per heavy atom. The molecule has 0 radical (unpaired) electrons. The molecule has 0 amide bonds. The minimum Gasteiger partial charge on any atom is -0.857 e. The van der Waals surface area contributed by atoms with Crippen LogP contribution in [0, 0.1) is 0 Å². The molecule has 0 heterocycles. The molecule has 0 saturated heterocycles. The molecule has 0 aliphatic rings. The van der Waals surface area contributed by atoms with Gasteiger partial charge in [0.2, 0.25) is 0 Å². The van der Waals surface area contributed by atoms with Crippen molar-refractivity contribution in [2.45, 2.75) is 39.5 Å². The molecule has 4 nitrogen and oxygen atoms in total. The van der Waals surface area contributed by atoms with Crippen molar-refractivity contribution < 1.29 is 42.1 Å². The predicted octanol–water partition coefficient (Wildman–Crippen LogP) is -1.76. The first kappa shape index (κ1) is 29.6. The molecule has 0 unspecified atom stereocenters. The van der Waals surface area contributed by atoms with E-state index in [1.165, 1.54) is 0 Å². The molecule has 0 bridgehead atoms. The van der Waals surface area contributed by atoms with Gasteiger partial charge in [0, 0.05) is 0 Å². The average molecular weight is 256 g/mol. The molecule has 0 rings (SSSR count). The molecule has 0 spiro atoms. The van der Waals surface area contributed by atoms with E-state index >= 15 is 0 Å². The van der Waals surface area contributed by atoms with Crippen LogP contribution in [0.2, 0.25) is 0 Å². The van der Waals surface area contributed by atoms with Crippen molar-refractivity contribution in [3.05, 3.63) is 0 Å². The van der Waals surface area contributed by atoms with Gasteiger partial charge in [0.25, 0.3) is 0 Å². The molecule has 0 aliphatic heterocycles. The van der Waals surface area contributed by atoms with Gasteiger partial charge < -0.3 is 20.4 Å². The Labute approximate surface area is 109 Å². The summed E-state index contributed by atoms with van der Waals surface area (Å²) in [6.45, 7) is 4.21. The van der Waals surface area contributed by atoms with E-state index in [2.05, 4.69) is 0 Å². The van der Waals surface area contributed by atoms with Gasteiger partial charge in [-0.1, -0.05) is 39.5 Å². The predicted molar refractivity (Wildman–Crippen MR) is 51.4 cm³/mol. The van der Waals surface area contributed by atoms with E-state index in [-0.39, 0.29) is 34.9 Å². The summed E-state index contributed by atoms with van der Waals surface area (Å²) in [5.74, 6) is 0. The second-order valence-electron chi connectivity index (χ2n) is 2.12. The number of hydrogen-bond donors (Lipinski definition) is 0. The van der Waals surface area contributed by atoms with Crippen LogP contribution in [0.25, 0.3) is 0 Å². The van der Waals surface area contributed by atoms with E-state index in [1.54, 1.807) is 0 Å². The molecule has 0 aromatic heterocycles. The standard InChI is InChI=1S/2C4H9O.2CH3O.Ti/c2*1-2-3-4-5;2*1-2;/h2*2-4H2,1H3;2*1H3;/q4*-1;+4. The quantitative estimate of drug-likeness (QED) is 0.557. The Morgan fingerprint density at radius 2 is 0.867 bits per heavy atom. The Morgan fingerprint density at radius 3 is 0.867 bits per heavy atom. The Hall–Kier alpha value is 0.554. The van der Waals surface area contributed by atoms with Crippen molar-refractivity contribution in [3.8, 4) is 0 Å². The van der Waals surface area contributed by atoms with Gasteiger partial charge in [-0.15, -0.1) is 13.2 Å². The van der Waals surface area contributed by atoms with Crippen molar-refractivity contribution >= 4 is 0 Å². The van der Waals surface area contributed by atoms with Gasteiger partial charge in [-0.3, -0.25) is 0 Å². The van der Waals surface area contributed by atoms with Crippen LogP contribution in [-0.4, -0.2) is 27.4 Å². The maximum atomic E-state index is 9.53. The fraction of sp³-hybridized carbons (Fsp3) is 1.00. The second-order valence-corrected chi connectivity index (χ2v) is 2.12. The fourth-order valence-electron chi connectivity index (χ4n) is 0.289. The summed E-state index contributed by atoms with van der Waals surface area (Å²) in [6.07, 6.45) is 3.73. The zero-order valence-corrected chi connectivity index (χ0v) is 11.9. The first-order valence-corrected chi connectivity index (χ1v) is 4.81. The maximum absolute atomic E-state index is 9.53. The third-order valence-corrected chi connectivity index (χ3v) is 0.996. The summed E-state index contributed by atoms with van der Waals surface area (Å²) in [4.78, 5) is 0. The maximum Gasteiger partial charge on any atom is 4.00 e. The van der Waals surface area contributed by atoms with Crippen LogP contribution in [0.15, 0.2) is 0 Å². The summed E-state index contributed by atoms with van der Waals surface area (Å²) in [5.41, 5.74) is 0. The summed E-state index contributed by atoms with van der Waals surface area (Å²) >= 11 is 0. The van der Waals surface area contributed by atoms with Crippen molar-refractivity contribution in [1.82, 2.24) is 0 Å². The van der Waals surface area contributed by atoms with Crippen LogP contribution in [-0.2, 0) is 21.7 Å². The van der Waals surface area contributed by atoms with Crippen molar-refractivity contribution in [1.29, 1.82) is 0 Å². The normalized spacial score (nSPS) is 6.40. The van der Waals surface area contributed by atoms with Crippen molar-refractivity contribution in [2.24, 2.45) is 0 Å². The molecule has 0 fully saturated rings. The smallest absolute Gasteiger partial charge is 0.857 e. The van der Waals surface area contributed by atoms with Gasteiger partial charge in [-0.2, -0.15) is 14.2 Å². The summed E-state index contributed by atoms with van der Waals surface area (Å²) in [5, 5.41) is 35.6. The molecule has 0 atom stereocenters. The topological polar surface area (TPSA) is 92.2 Å². The molecular weight excluding hydrogens is 232 g/mol. The molecule has 5 heteroatoms. The van der Waals surface area contributed by atoms with Gasteiger partial charge in [-0.05, 0) is 0 Å². The van der Waals surface area contributed by atoms with Crippen LogP contribution in [0.5, 0.6) is 0 Å². The van der Waals surface area contributed by atoms with Gasteiger partial charge in [0.15, 0.2) is 0 Å². The van der Waals surface area contributed by atoms with Crippen LogP contribution < -0.4 is 20.4 Å². The number of rotatable bonds is 4. The van der Waals surface area contributed by atoms with Gasteiger partial charge >= 0.3 is 21.7 Å². The van der Waals surface area contributed by atoms with E-state index < -0.39 is 0 Å². The van der Waals surface area contributed by atoms with Gasteiger partial charge in [0.1, 0.15) is 0 Å². The van der Waals surface area contributed by atoms with Crippen LogP contribution in [0.1, 0.15) is 39.5 Å². The van der Waals surface area contributed by atoms with Crippen LogP contribution in [0.3, 0.4) is 0 Å². The number of hydrogen-bond acceptors (Lipinski definition) is 4.